The molecule has 8 heteroatoms. The second kappa shape index (κ2) is 7.66. The number of nitrogens with zero attached hydrogens (tertiary/aromatic N) is 2. The molecule has 3 rings (SSSR count). The lowest BCUT2D eigenvalue weighted by Gasteiger charge is -2.45. The molecule has 2 saturated heterocycles. The maximum atomic E-state index is 13.2. The van der Waals surface area contributed by atoms with Gasteiger partial charge in [-0.1, -0.05) is 18.2 Å². The Morgan fingerprint density at radius 2 is 1.75 bits per heavy atom. The standard InChI is InChI=1S/C20H26N2O5S/c1-19(2,3)27-18(26)21-11-9-20(10-12-21)22(15(13-28-20)17(24)25)16(23)14-7-5-4-6-8-14/h4-8,15H,9-13H2,1-3H3,(H,24,25)/t15-/m0/s1. The summed E-state index contributed by atoms with van der Waals surface area (Å²) in [4.78, 5) is 39.9. The predicted molar refractivity (Wildman–Crippen MR) is 106 cm³/mol. The van der Waals surface area contributed by atoms with Crippen LogP contribution in [-0.4, -0.2) is 68.2 Å². The van der Waals surface area contributed by atoms with Gasteiger partial charge in [-0.3, -0.25) is 4.79 Å². The molecule has 1 atom stereocenters. The second-order valence-corrected chi connectivity index (χ2v) is 9.50. The third-order valence-electron chi connectivity index (χ3n) is 4.98. The first-order valence-electron chi connectivity index (χ1n) is 9.36. The number of benzene rings is 1. The Morgan fingerprint density at radius 1 is 1.14 bits per heavy atom. The van der Waals surface area contributed by atoms with Crippen LogP contribution < -0.4 is 0 Å². The molecule has 0 saturated carbocycles. The van der Waals surface area contributed by atoms with Gasteiger partial charge in [0.05, 0.1) is 4.87 Å². The van der Waals surface area contributed by atoms with Crippen molar-refractivity contribution in [2.45, 2.75) is 50.1 Å². The Balaban J connectivity index is 1.79. The van der Waals surface area contributed by atoms with Crippen molar-refractivity contribution in [3.8, 4) is 0 Å². The van der Waals surface area contributed by atoms with E-state index in [1.165, 1.54) is 16.7 Å². The van der Waals surface area contributed by atoms with Crippen molar-refractivity contribution in [3.05, 3.63) is 35.9 Å². The first-order valence-corrected chi connectivity index (χ1v) is 10.3. The number of likely N-dealkylation sites (tertiary alicyclic amines) is 1. The summed E-state index contributed by atoms with van der Waals surface area (Å²) in [6.07, 6.45) is 0.652. The second-order valence-electron chi connectivity index (χ2n) is 8.12. The highest BCUT2D eigenvalue weighted by atomic mass is 32.2. The maximum absolute atomic E-state index is 13.2. The van der Waals surface area contributed by atoms with Crippen molar-refractivity contribution >= 4 is 29.7 Å². The minimum atomic E-state index is -0.997. The normalized spacial score (nSPS) is 21.6. The van der Waals surface area contributed by atoms with Crippen LogP contribution in [0.2, 0.25) is 0 Å². The van der Waals surface area contributed by atoms with Gasteiger partial charge in [-0.25, -0.2) is 9.59 Å². The molecule has 1 spiro atoms. The minimum absolute atomic E-state index is 0.274. The van der Waals surface area contributed by atoms with Crippen LogP contribution in [0.15, 0.2) is 30.3 Å². The highest BCUT2D eigenvalue weighted by Crippen LogP contribution is 2.47. The third kappa shape index (κ3) is 4.11. The molecule has 2 heterocycles. The summed E-state index contributed by atoms with van der Waals surface area (Å²) < 4.78 is 5.44. The number of carbonyl (C=O) groups excluding carboxylic acids is 2. The highest BCUT2D eigenvalue weighted by molar-refractivity contribution is 8.01. The zero-order valence-electron chi connectivity index (χ0n) is 16.4. The van der Waals surface area contributed by atoms with Crippen LogP contribution in [0.1, 0.15) is 44.0 Å². The number of rotatable bonds is 2. The molecule has 152 valence electrons. The van der Waals surface area contributed by atoms with E-state index in [-0.39, 0.29) is 12.0 Å². The van der Waals surface area contributed by atoms with Crippen LogP contribution >= 0.6 is 11.8 Å². The number of hydrogen-bond donors (Lipinski definition) is 1. The van der Waals surface area contributed by atoms with Gasteiger partial charge in [-0.05, 0) is 45.7 Å². The molecule has 2 fully saturated rings. The number of hydrogen-bond acceptors (Lipinski definition) is 5. The summed E-state index contributed by atoms with van der Waals surface area (Å²) in [5, 5.41) is 9.67. The number of ether oxygens (including phenoxy) is 1. The lowest BCUT2D eigenvalue weighted by molar-refractivity contribution is -0.142. The average Bonchev–Trinajstić information content (AvgIpc) is 3.00. The van der Waals surface area contributed by atoms with E-state index in [0.29, 0.717) is 37.2 Å². The molecular weight excluding hydrogens is 380 g/mol. The van der Waals surface area contributed by atoms with E-state index in [1.807, 2.05) is 26.8 Å². The Labute approximate surface area is 169 Å². The number of carboxylic acids is 1. The topological polar surface area (TPSA) is 87.2 Å². The number of thioether (sulfide) groups is 1. The van der Waals surface area contributed by atoms with Gasteiger partial charge in [-0.15, -0.1) is 11.8 Å². The summed E-state index contributed by atoms with van der Waals surface area (Å²) in [6, 6.07) is 7.89. The molecule has 0 aromatic heterocycles. The van der Waals surface area contributed by atoms with Crippen LogP contribution in [0.4, 0.5) is 4.79 Å². The van der Waals surface area contributed by atoms with E-state index >= 15 is 0 Å². The molecule has 1 aromatic rings. The fraction of sp³-hybridized carbons (Fsp3) is 0.550. The quantitative estimate of drug-likeness (QED) is 0.812. The van der Waals surface area contributed by atoms with E-state index in [2.05, 4.69) is 0 Å². The summed E-state index contributed by atoms with van der Waals surface area (Å²) >= 11 is 1.51. The fourth-order valence-electron chi connectivity index (χ4n) is 3.64. The molecule has 0 unspecified atom stereocenters. The lowest BCUT2D eigenvalue weighted by Crippen LogP contribution is -2.57. The van der Waals surface area contributed by atoms with Crippen molar-refractivity contribution in [2.24, 2.45) is 0 Å². The molecule has 1 N–H and O–H groups in total. The van der Waals surface area contributed by atoms with Crippen molar-refractivity contribution in [2.75, 3.05) is 18.8 Å². The Hall–Kier alpha value is -2.22. The lowest BCUT2D eigenvalue weighted by atomic mass is 9.99. The van der Waals surface area contributed by atoms with Crippen LogP contribution in [0, 0.1) is 0 Å². The van der Waals surface area contributed by atoms with Crippen LogP contribution in [-0.2, 0) is 9.53 Å². The zero-order chi connectivity index (χ0) is 20.5. The van der Waals surface area contributed by atoms with E-state index in [4.69, 9.17) is 4.74 Å². The van der Waals surface area contributed by atoms with Gasteiger partial charge < -0.3 is 19.6 Å². The molecular formula is C20H26N2O5S. The maximum Gasteiger partial charge on any atom is 0.410 e. The Bertz CT molecular complexity index is 754. The van der Waals surface area contributed by atoms with Crippen molar-refractivity contribution in [1.29, 1.82) is 0 Å². The number of carbonyl (C=O) groups is 3. The van der Waals surface area contributed by atoms with Crippen molar-refractivity contribution in [3.63, 3.8) is 0 Å². The Morgan fingerprint density at radius 3 is 2.29 bits per heavy atom. The molecule has 0 radical (unpaired) electrons. The van der Waals surface area contributed by atoms with E-state index in [1.54, 1.807) is 29.2 Å². The third-order valence-corrected chi connectivity index (χ3v) is 6.61. The SMILES string of the molecule is CC(C)(C)OC(=O)N1CCC2(CC1)SC[C@@H](C(=O)O)N2C(=O)c1ccccc1. The molecule has 2 aliphatic rings. The number of amides is 2. The summed E-state index contributed by atoms with van der Waals surface area (Å²) in [6.45, 7) is 6.31. The fourth-order valence-corrected chi connectivity index (χ4v) is 5.22. The zero-order valence-corrected chi connectivity index (χ0v) is 17.2. The first kappa shape index (κ1) is 20.5. The van der Waals surface area contributed by atoms with Crippen molar-refractivity contribution < 1.29 is 24.2 Å². The van der Waals surface area contributed by atoms with E-state index < -0.39 is 22.5 Å². The Kier molecular flexibility index (Phi) is 5.61. The summed E-state index contributed by atoms with van der Waals surface area (Å²) in [5.74, 6) is -0.924. The van der Waals surface area contributed by atoms with Gasteiger partial charge in [0.25, 0.3) is 5.91 Å². The van der Waals surface area contributed by atoms with Crippen LogP contribution in [0.25, 0.3) is 0 Å². The smallest absolute Gasteiger partial charge is 0.410 e. The van der Waals surface area contributed by atoms with E-state index in [9.17, 15) is 19.5 Å². The summed E-state index contributed by atoms with van der Waals surface area (Å²) in [5.41, 5.74) is -0.0944. The number of piperidine rings is 1. The molecule has 2 aliphatic heterocycles. The molecule has 0 aliphatic carbocycles. The van der Waals surface area contributed by atoms with Gasteiger partial charge in [0, 0.05) is 24.4 Å². The number of aliphatic carboxylic acids is 1. The van der Waals surface area contributed by atoms with Gasteiger partial charge in [0.2, 0.25) is 0 Å². The predicted octanol–water partition coefficient (Wildman–Crippen LogP) is 3.06. The van der Waals surface area contributed by atoms with Gasteiger partial charge in [-0.2, -0.15) is 0 Å². The monoisotopic (exact) mass is 406 g/mol. The summed E-state index contributed by atoms with van der Waals surface area (Å²) in [7, 11) is 0. The highest BCUT2D eigenvalue weighted by Gasteiger charge is 2.53. The van der Waals surface area contributed by atoms with Gasteiger partial charge in [0.15, 0.2) is 0 Å². The molecule has 0 bridgehead atoms. The average molecular weight is 407 g/mol. The van der Waals surface area contributed by atoms with Crippen molar-refractivity contribution in [1.82, 2.24) is 9.80 Å². The molecule has 2 amide bonds. The largest absolute Gasteiger partial charge is 0.480 e. The number of carboxylic acid groups (broad SMARTS) is 1. The van der Waals surface area contributed by atoms with Crippen LogP contribution in [0.5, 0.6) is 0 Å². The van der Waals surface area contributed by atoms with Gasteiger partial charge in [0.1, 0.15) is 11.6 Å². The van der Waals surface area contributed by atoms with E-state index in [0.717, 1.165) is 0 Å². The molecule has 28 heavy (non-hydrogen) atoms. The molecule has 7 nitrogen and oxygen atoms in total. The molecule has 1 aromatic carbocycles. The minimum Gasteiger partial charge on any atom is -0.480 e. The first-order chi connectivity index (χ1) is 13.1. The van der Waals surface area contributed by atoms with Gasteiger partial charge >= 0.3 is 12.1 Å². The van der Waals surface area contributed by atoms with Crippen LogP contribution in [0.3, 0.4) is 0 Å².